The number of carbonyl (C=O) groups excluding carboxylic acids is 2. The third kappa shape index (κ3) is 4.21. The van der Waals surface area contributed by atoms with E-state index in [2.05, 4.69) is 13.2 Å². The van der Waals surface area contributed by atoms with Crippen molar-refractivity contribution in [3.05, 3.63) is 24.3 Å². The average Bonchev–Trinajstić information content (AvgIpc) is 2.14. The van der Waals surface area contributed by atoms with Gasteiger partial charge in [-0.3, -0.25) is 9.59 Å². The molecule has 84 valence electrons. The summed E-state index contributed by atoms with van der Waals surface area (Å²) in [7, 11) is 0. The van der Waals surface area contributed by atoms with Gasteiger partial charge in [0.1, 0.15) is 12.2 Å². The van der Waals surface area contributed by atoms with E-state index in [-0.39, 0.29) is 11.6 Å². The minimum atomic E-state index is -0.638. The zero-order chi connectivity index (χ0) is 12.2. The molecule has 15 heavy (non-hydrogen) atoms. The molecule has 0 aromatic heterocycles. The Morgan fingerprint density at radius 1 is 0.933 bits per heavy atom. The van der Waals surface area contributed by atoms with Crippen LogP contribution < -0.4 is 0 Å². The summed E-state index contributed by atoms with van der Waals surface area (Å²) in [5.41, 5.74) is 0.856. The SMILES string of the molecule is C=C(C)C(=O)C(C)OC(C)C(=O)C(=C)C. The van der Waals surface area contributed by atoms with E-state index in [1.165, 1.54) is 0 Å². The van der Waals surface area contributed by atoms with Gasteiger partial charge in [0.25, 0.3) is 0 Å². The third-order valence-corrected chi connectivity index (χ3v) is 1.99. The topological polar surface area (TPSA) is 43.4 Å². The van der Waals surface area contributed by atoms with Crippen LogP contribution >= 0.6 is 0 Å². The summed E-state index contributed by atoms with van der Waals surface area (Å²) in [5.74, 6) is -0.368. The van der Waals surface area contributed by atoms with Crippen LogP contribution in [-0.4, -0.2) is 23.8 Å². The van der Waals surface area contributed by atoms with Crippen molar-refractivity contribution in [2.24, 2.45) is 0 Å². The van der Waals surface area contributed by atoms with Gasteiger partial charge in [-0.2, -0.15) is 0 Å². The minimum absolute atomic E-state index is 0.184. The molecule has 0 heterocycles. The fourth-order valence-corrected chi connectivity index (χ4v) is 1.12. The summed E-state index contributed by atoms with van der Waals surface area (Å²) >= 11 is 0. The summed E-state index contributed by atoms with van der Waals surface area (Å²) in [6, 6.07) is 0. The molecule has 2 atom stereocenters. The molecule has 0 aliphatic carbocycles. The molecule has 0 aliphatic rings. The number of Topliss-reactive ketones (excluding diaryl/α,β-unsaturated/α-hetero) is 2. The van der Waals surface area contributed by atoms with Crippen LogP contribution in [0.5, 0.6) is 0 Å². The molecule has 0 saturated heterocycles. The Kier molecular flexibility index (Phi) is 5.15. The second-order valence-electron chi connectivity index (χ2n) is 3.71. The molecular weight excluding hydrogens is 192 g/mol. The second kappa shape index (κ2) is 5.61. The molecule has 3 nitrogen and oxygen atoms in total. The van der Waals surface area contributed by atoms with Crippen molar-refractivity contribution in [3.63, 3.8) is 0 Å². The molecule has 0 bridgehead atoms. The highest BCUT2D eigenvalue weighted by Gasteiger charge is 2.21. The van der Waals surface area contributed by atoms with Crippen molar-refractivity contribution < 1.29 is 14.3 Å². The predicted octanol–water partition coefficient (Wildman–Crippen LogP) is 2.07. The second-order valence-corrected chi connectivity index (χ2v) is 3.71. The Labute approximate surface area is 90.8 Å². The van der Waals surface area contributed by atoms with Crippen molar-refractivity contribution >= 4 is 11.6 Å². The Morgan fingerprint density at radius 2 is 1.20 bits per heavy atom. The summed E-state index contributed by atoms with van der Waals surface area (Å²) in [5, 5.41) is 0. The molecule has 0 fully saturated rings. The fourth-order valence-electron chi connectivity index (χ4n) is 1.12. The molecule has 0 radical (unpaired) electrons. The Bertz CT molecular complexity index is 272. The maximum atomic E-state index is 11.4. The molecule has 3 heteroatoms. The summed E-state index contributed by atoms with van der Waals surface area (Å²) in [6.45, 7) is 13.5. The highest BCUT2D eigenvalue weighted by Crippen LogP contribution is 2.07. The monoisotopic (exact) mass is 210 g/mol. The number of hydrogen-bond acceptors (Lipinski definition) is 3. The van der Waals surface area contributed by atoms with Crippen LogP contribution in [0.3, 0.4) is 0 Å². The van der Waals surface area contributed by atoms with E-state index < -0.39 is 12.2 Å². The van der Waals surface area contributed by atoms with Gasteiger partial charge < -0.3 is 4.74 Å². The van der Waals surface area contributed by atoms with Crippen LogP contribution in [0.2, 0.25) is 0 Å². The van der Waals surface area contributed by atoms with Gasteiger partial charge in [-0.25, -0.2) is 0 Å². The lowest BCUT2D eigenvalue weighted by molar-refractivity contribution is -0.136. The Hall–Kier alpha value is -1.22. The van der Waals surface area contributed by atoms with Crippen LogP contribution in [-0.2, 0) is 14.3 Å². The lowest BCUT2D eigenvalue weighted by atomic mass is 10.1. The molecule has 0 aromatic rings. The maximum Gasteiger partial charge on any atom is 0.186 e. The lowest BCUT2D eigenvalue weighted by Crippen LogP contribution is -2.30. The Balaban J connectivity index is 4.36. The number of carbonyl (C=O) groups is 2. The molecule has 0 aromatic carbocycles. The van der Waals surface area contributed by atoms with E-state index in [0.717, 1.165) is 0 Å². The molecule has 0 N–H and O–H groups in total. The van der Waals surface area contributed by atoms with Crippen LogP contribution in [0, 0.1) is 0 Å². The molecule has 0 aliphatic heterocycles. The van der Waals surface area contributed by atoms with Crippen molar-refractivity contribution in [3.8, 4) is 0 Å². The molecule has 0 amide bonds. The summed E-state index contributed by atoms with van der Waals surface area (Å²) in [6.07, 6.45) is -1.28. The molecule has 0 saturated carbocycles. The third-order valence-electron chi connectivity index (χ3n) is 1.99. The van der Waals surface area contributed by atoms with E-state index in [0.29, 0.717) is 11.1 Å². The zero-order valence-electron chi connectivity index (χ0n) is 9.79. The van der Waals surface area contributed by atoms with E-state index in [9.17, 15) is 9.59 Å². The highest BCUT2D eigenvalue weighted by molar-refractivity contribution is 5.99. The maximum absolute atomic E-state index is 11.4. The van der Waals surface area contributed by atoms with Crippen LogP contribution in [0.1, 0.15) is 27.7 Å². The first-order valence-corrected chi connectivity index (χ1v) is 4.82. The average molecular weight is 210 g/mol. The zero-order valence-corrected chi connectivity index (χ0v) is 9.79. The molecule has 0 rings (SSSR count). The van der Waals surface area contributed by atoms with Gasteiger partial charge in [0, 0.05) is 0 Å². The number of hydrogen-bond donors (Lipinski definition) is 0. The van der Waals surface area contributed by atoms with Crippen LogP contribution in [0.4, 0.5) is 0 Å². The van der Waals surface area contributed by atoms with Crippen molar-refractivity contribution in [2.45, 2.75) is 39.9 Å². The highest BCUT2D eigenvalue weighted by atomic mass is 16.5. The summed E-state index contributed by atoms with van der Waals surface area (Å²) < 4.78 is 5.28. The first-order chi connectivity index (χ1) is 6.77. The first-order valence-electron chi connectivity index (χ1n) is 4.82. The van der Waals surface area contributed by atoms with Gasteiger partial charge in [-0.05, 0) is 38.8 Å². The van der Waals surface area contributed by atoms with Gasteiger partial charge in [-0.1, -0.05) is 13.2 Å². The van der Waals surface area contributed by atoms with Crippen LogP contribution in [0.25, 0.3) is 0 Å². The molecule has 0 spiro atoms. The molecule has 2 unspecified atom stereocenters. The quantitative estimate of drug-likeness (QED) is 0.630. The van der Waals surface area contributed by atoms with Gasteiger partial charge in [0.15, 0.2) is 11.6 Å². The fraction of sp³-hybridized carbons (Fsp3) is 0.500. The Morgan fingerprint density at radius 3 is 1.40 bits per heavy atom. The van der Waals surface area contributed by atoms with Gasteiger partial charge in [-0.15, -0.1) is 0 Å². The minimum Gasteiger partial charge on any atom is -0.359 e. The standard InChI is InChI=1S/C12H18O3/c1-7(2)11(13)9(5)15-10(6)12(14)8(3)4/h9-10H,1,3H2,2,4-6H3. The van der Waals surface area contributed by atoms with E-state index in [4.69, 9.17) is 4.74 Å². The first kappa shape index (κ1) is 13.8. The van der Waals surface area contributed by atoms with E-state index in [1.807, 2.05) is 0 Å². The number of ether oxygens (including phenoxy) is 1. The lowest BCUT2D eigenvalue weighted by Gasteiger charge is -2.17. The van der Waals surface area contributed by atoms with Gasteiger partial charge in [0.2, 0.25) is 0 Å². The van der Waals surface area contributed by atoms with Gasteiger partial charge >= 0.3 is 0 Å². The van der Waals surface area contributed by atoms with Crippen LogP contribution in [0.15, 0.2) is 24.3 Å². The predicted molar refractivity (Wildman–Crippen MR) is 59.7 cm³/mol. The van der Waals surface area contributed by atoms with E-state index in [1.54, 1.807) is 27.7 Å². The van der Waals surface area contributed by atoms with Gasteiger partial charge in [0.05, 0.1) is 0 Å². The number of ketones is 2. The van der Waals surface area contributed by atoms with Crippen molar-refractivity contribution in [1.82, 2.24) is 0 Å². The smallest absolute Gasteiger partial charge is 0.186 e. The number of rotatable bonds is 6. The normalized spacial score (nSPS) is 14.1. The molecular formula is C12H18O3. The summed E-state index contributed by atoms with van der Waals surface area (Å²) in [4.78, 5) is 22.8. The van der Waals surface area contributed by atoms with E-state index >= 15 is 0 Å². The van der Waals surface area contributed by atoms with Crippen molar-refractivity contribution in [1.29, 1.82) is 0 Å². The van der Waals surface area contributed by atoms with Crippen molar-refractivity contribution in [2.75, 3.05) is 0 Å². The largest absolute Gasteiger partial charge is 0.359 e.